The Labute approximate surface area is 241 Å². The number of halogens is 1. The number of aryl methyl sites for hydroxylation is 1. The van der Waals surface area contributed by atoms with Crippen molar-refractivity contribution in [2.45, 2.75) is 70.9 Å². The van der Waals surface area contributed by atoms with Crippen molar-refractivity contribution in [1.29, 1.82) is 0 Å². The second kappa shape index (κ2) is 14.8. The fourth-order valence-electron chi connectivity index (χ4n) is 4.75. The lowest BCUT2D eigenvalue weighted by atomic mass is 9.76. The molecule has 3 aromatic rings. The van der Waals surface area contributed by atoms with Gasteiger partial charge in [0.2, 0.25) is 5.91 Å². The van der Waals surface area contributed by atoms with Gasteiger partial charge in [-0.15, -0.1) is 0 Å². The van der Waals surface area contributed by atoms with Crippen molar-refractivity contribution in [1.82, 2.24) is 20.1 Å². The van der Waals surface area contributed by atoms with Crippen LogP contribution in [0.4, 0.5) is 0 Å². The predicted octanol–water partition coefficient (Wildman–Crippen LogP) is 5.56. The van der Waals surface area contributed by atoms with Gasteiger partial charge in [0.1, 0.15) is 18.3 Å². The van der Waals surface area contributed by atoms with E-state index in [0.717, 1.165) is 43.2 Å². The molecule has 3 N–H and O–H groups in total. The summed E-state index contributed by atoms with van der Waals surface area (Å²) in [6.45, 7) is 5.24. The molecule has 1 atom stereocenters. The van der Waals surface area contributed by atoms with Crippen LogP contribution in [0.15, 0.2) is 72.8 Å². The largest absolute Gasteiger partial charge is 0.481 e. The first-order valence-corrected chi connectivity index (χ1v) is 14.0. The van der Waals surface area contributed by atoms with Crippen molar-refractivity contribution in [2.24, 2.45) is 5.41 Å². The van der Waals surface area contributed by atoms with E-state index in [9.17, 15) is 14.7 Å². The maximum atomic E-state index is 11.4. The molecule has 4 rings (SSSR count). The highest BCUT2D eigenvalue weighted by atomic mass is 35.5. The van der Waals surface area contributed by atoms with E-state index in [0.29, 0.717) is 18.1 Å². The van der Waals surface area contributed by atoms with Crippen LogP contribution in [-0.2, 0) is 22.6 Å². The summed E-state index contributed by atoms with van der Waals surface area (Å²) in [5.74, 6) is -1.12. The molecule has 1 aliphatic carbocycles. The fourth-order valence-corrected chi connectivity index (χ4v) is 4.87. The molecule has 0 saturated heterocycles. The van der Waals surface area contributed by atoms with Gasteiger partial charge in [0.25, 0.3) is 0 Å². The van der Waals surface area contributed by atoms with Crippen LogP contribution in [0.25, 0.3) is 6.08 Å². The Hall–Kier alpha value is -3.49. The molecule has 1 aliphatic rings. The maximum absolute atomic E-state index is 11.4. The van der Waals surface area contributed by atoms with E-state index in [4.69, 9.17) is 16.7 Å². The van der Waals surface area contributed by atoms with E-state index in [-0.39, 0.29) is 24.2 Å². The molecule has 40 heavy (non-hydrogen) atoms. The molecule has 1 unspecified atom stereocenters. The third kappa shape index (κ3) is 9.31. The lowest BCUT2D eigenvalue weighted by molar-refractivity contribution is -0.138. The molecule has 0 radical (unpaired) electrons. The van der Waals surface area contributed by atoms with Crippen molar-refractivity contribution in [3.63, 3.8) is 0 Å². The van der Waals surface area contributed by atoms with Gasteiger partial charge in [0.15, 0.2) is 0 Å². The molecule has 1 fully saturated rings. The van der Waals surface area contributed by atoms with Crippen LogP contribution in [0, 0.1) is 5.41 Å². The van der Waals surface area contributed by atoms with Crippen LogP contribution in [0.1, 0.15) is 63.5 Å². The molecular weight excluding hydrogens is 528 g/mol. The number of nitrogens with one attached hydrogen (secondary N) is 1. The number of carboxylic acid groups (broad SMARTS) is 1. The number of aliphatic hydroxyl groups is 1. The van der Waals surface area contributed by atoms with Gasteiger partial charge in [-0.05, 0) is 66.4 Å². The molecule has 0 spiro atoms. The molecule has 1 aromatic heterocycles. The quantitative estimate of drug-likeness (QED) is 0.262. The van der Waals surface area contributed by atoms with E-state index in [1.165, 1.54) is 11.9 Å². The summed E-state index contributed by atoms with van der Waals surface area (Å²) >= 11 is 5.94. The number of unbranched alkanes of at least 4 members (excludes halogenated alkanes) is 1. The van der Waals surface area contributed by atoms with Gasteiger partial charge in [0.05, 0.1) is 13.0 Å². The summed E-state index contributed by atoms with van der Waals surface area (Å²) in [6, 6.07) is 17.9. The Morgan fingerprint density at radius 2 is 1.80 bits per heavy atom. The summed E-state index contributed by atoms with van der Waals surface area (Å²) in [4.78, 5) is 25.4. The lowest BCUT2D eigenvalue weighted by Gasteiger charge is -2.37. The minimum Gasteiger partial charge on any atom is -0.481 e. The zero-order chi connectivity index (χ0) is 29.0. The summed E-state index contributed by atoms with van der Waals surface area (Å²) in [6.07, 6.45) is 9.92. The lowest BCUT2D eigenvalue weighted by Crippen LogP contribution is -2.45. The Morgan fingerprint density at radius 3 is 2.45 bits per heavy atom. The van der Waals surface area contributed by atoms with Crippen LogP contribution in [0.2, 0.25) is 5.02 Å². The summed E-state index contributed by atoms with van der Waals surface area (Å²) in [5, 5.41) is 27.4. The Balaban J connectivity index is 0.000000226. The highest BCUT2D eigenvalue weighted by Crippen LogP contribution is 2.50. The van der Waals surface area contributed by atoms with Crippen molar-refractivity contribution >= 4 is 29.6 Å². The Morgan fingerprint density at radius 1 is 1.07 bits per heavy atom. The van der Waals surface area contributed by atoms with Crippen LogP contribution in [-0.4, -0.2) is 49.0 Å². The first kappa shape index (κ1) is 31.0. The number of benzene rings is 2. The summed E-state index contributed by atoms with van der Waals surface area (Å²) < 4.78 is 1.70. The number of carbonyl (C=O) groups excluding carboxylic acids is 1. The van der Waals surface area contributed by atoms with Crippen LogP contribution < -0.4 is 5.32 Å². The number of amides is 1. The number of carbonyl (C=O) groups is 2. The van der Waals surface area contributed by atoms with Gasteiger partial charge >= 0.3 is 5.97 Å². The van der Waals surface area contributed by atoms with Crippen LogP contribution in [0.3, 0.4) is 0 Å². The van der Waals surface area contributed by atoms with E-state index >= 15 is 0 Å². The average molecular weight is 567 g/mol. The van der Waals surface area contributed by atoms with Gasteiger partial charge in [-0.2, -0.15) is 5.10 Å². The topological polar surface area (TPSA) is 117 Å². The molecular formula is C31H39ClN4O4. The van der Waals surface area contributed by atoms with Gasteiger partial charge in [0, 0.05) is 18.0 Å². The monoisotopic (exact) mass is 566 g/mol. The van der Waals surface area contributed by atoms with Gasteiger partial charge in [-0.25, -0.2) is 9.67 Å². The summed E-state index contributed by atoms with van der Waals surface area (Å²) in [7, 11) is 0. The van der Waals surface area contributed by atoms with Gasteiger partial charge in [-0.1, -0.05) is 74.0 Å². The molecule has 8 nitrogen and oxygen atoms in total. The van der Waals surface area contributed by atoms with Crippen molar-refractivity contribution in [3.05, 3.63) is 89.0 Å². The first-order valence-electron chi connectivity index (χ1n) is 13.6. The van der Waals surface area contributed by atoms with E-state index < -0.39 is 11.6 Å². The van der Waals surface area contributed by atoms with Crippen LogP contribution in [0.5, 0.6) is 0 Å². The Kier molecular flexibility index (Phi) is 11.5. The Bertz CT molecular complexity index is 1240. The van der Waals surface area contributed by atoms with Crippen LogP contribution >= 0.6 is 11.6 Å². The normalized spacial score (nSPS) is 18.6. The maximum Gasteiger partial charge on any atom is 0.303 e. The van der Waals surface area contributed by atoms with Gasteiger partial charge in [-0.3, -0.25) is 9.59 Å². The van der Waals surface area contributed by atoms with Gasteiger partial charge < -0.3 is 15.5 Å². The zero-order valence-corrected chi connectivity index (χ0v) is 24.0. The number of aromatic nitrogens is 3. The number of nitrogens with zero attached hydrogens (tertiary/aromatic N) is 3. The molecule has 1 heterocycles. The minimum absolute atomic E-state index is 0.0635. The molecule has 1 saturated carbocycles. The minimum atomic E-state index is -0.936. The number of aliphatic carboxylic acids is 1. The molecule has 9 heteroatoms. The average Bonchev–Trinajstić information content (AvgIpc) is 3.51. The molecule has 0 bridgehead atoms. The molecule has 2 aromatic carbocycles. The van der Waals surface area contributed by atoms with Crippen molar-refractivity contribution < 1.29 is 19.8 Å². The first-order chi connectivity index (χ1) is 19.1. The number of hydrogen-bond donors (Lipinski definition) is 3. The number of rotatable bonds is 11. The fraction of sp³-hybridized carbons (Fsp3) is 0.419. The summed E-state index contributed by atoms with van der Waals surface area (Å²) in [5.41, 5.74) is 2.25. The second-order valence-corrected chi connectivity index (χ2v) is 11.2. The number of hydrogen-bond acceptors (Lipinski definition) is 5. The highest BCUT2D eigenvalue weighted by molar-refractivity contribution is 6.30. The molecule has 1 amide bonds. The smallest absolute Gasteiger partial charge is 0.303 e. The number of carboxylic acids is 1. The van der Waals surface area contributed by atoms with Crippen molar-refractivity contribution in [2.75, 3.05) is 6.54 Å². The van der Waals surface area contributed by atoms with E-state index in [1.54, 1.807) is 11.0 Å². The second-order valence-electron chi connectivity index (χ2n) is 10.7. The SMILES string of the molecule is CC1(C)CC/C(=C\c2ccc(Cl)cc2)C1(O)Cn1cncn1.O=C(O)CCC(=O)NCCCCc1ccccc1. The zero-order valence-electron chi connectivity index (χ0n) is 23.2. The van der Waals surface area contributed by atoms with E-state index in [1.807, 2.05) is 42.5 Å². The molecule has 0 aliphatic heterocycles. The third-order valence-electron chi connectivity index (χ3n) is 7.36. The predicted molar refractivity (Wildman–Crippen MR) is 157 cm³/mol. The third-order valence-corrected chi connectivity index (χ3v) is 7.61. The van der Waals surface area contributed by atoms with E-state index in [2.05, 4.69) is 47.5 Å². The standard InChI is InChI=1S/C17H20ClN3O.C14H19NO3/c1-16(2)8-7-14(9-13-3-5-15(18)6-4-13)17(16,22)10-21-12-19-11-20-21;16-13(9-10-14(17)18)15-11-5-4-8-12-6-2-1-3-7-12/h3-6,9,11-12,22H,7-8,10H2,1-2H3;1-3,6-7H,4-5,8-11H2,(H,15,16)(H,17,18)/b14-9+;. The highest BCUT2D eigenvalue weighted by Gasteiger charge is 2.51. The van der Waals surface area contributed by atoms with Crippen molar-refractivity contribution in [3.8, 4) is 0 Å². The molecule has 214 valence electrons.